The van der Waals surface area contributed by atoms with Crippen LogP contribution in [0.2, 0.25) is 0 Å². The predicted octanol–water partition coefficient (Wildman–Crippen LogP) is 3.73. The number of benzene rings is 1. The van der Waals surface area contributed by atoms with Crippen molar-refractivity contribution in [1.29, 1.82) is 0 Å². The lowest BCUT2D eigenvalue weighted by atomic mass is 10.1. The minimum Gasteiger partial charge on any atom is -0.507 e. The Kier molecular flexibility index (Phi) is 4.52. The summed E-state index contributed by atoms with van der Waals surface area (Å²) < 4.78 is 1.04. The molecule has 0 saturated carbocycles. The third-order valence-electron chi connectivity index (χ3n) is 4.69. The second kappa shape index (κ2) is 6.73. The minimum absolute atomic E-state index is 0.112. The summed E-state index contributed by atoms with van der Waals surface area (Å²) in [6.45, 7) is 10.4. The number of nitrogens with zero attached hydrogens (tertiary/aromatic N) is 4. The molecule has 2 N–H and O–H groups in total. The number of rotatable bonds is 3. The Bertz CT molecular complexity index is 961. The lowest BCUT2D eigenvalue weighted by molar-refractivity contribution is 0.373. The third-order valence-corrected chi connectivity index (χ3v) is 5.62. The van der Waals surface area contributed by atoms with Crippen LogP contribution in [0.15, 0.2) is 24.3 Å². The fourth-order valence-electron chi connectivity index (χ4n) is 3.62. The average molecular weight is 384 g/mol. The van der Waals surface area contributed by atoms with E-state index in [1.807, 2.05) is 25.1 Å². The lowest BCUT2D eigenvalue weighted by Gasteiger charge is -2.26. The van der Waals surface area contributed by atoms with E-state index >= 15 is 0 Å². The maximum Gasteiger partial charge on any atom is 0.151 e. The average Bonchev–Trinajstić information content (AvgIpc) is 3.18. The Hall–Kier alpha value is -2.25. The summed E-state index contributed by atoms with van der Waals surface area (Å²) in [5.74, 6) is 1.07. The number of aromatic nitrogens is 3. The summed E-state index contributed by atoms with van der Waals surface area (Å²) in [6, 6.07) is 8.03. The van der Waals surface area contributed by atoms with Crippen molar-refractivity contribution in [2.75, 3.05) is 18.0 Å². The van der Waals surface area contributed by atoms with Gasteiger partial charge >= 0.3 is 0 Å². The number of phenolic OH excluding ortho intramolecular Hbond substituents is 1. The Morgan fingerprint density at radius 3 is 2.74 bits per heavy atom. The smallest absolute Gasteiger partial charge is 0.151 e. The largest absolute Gasteiger partial charge is 0.507 e. The number of hydrogen-bond acceptors (Lipinski definition) is 7. The number of aromatic hydroxyl groups is 1. The summed E-state index contributed by atoms with van der Waals surface area (Å²) >= 11 is 1.61. The van der Waals surface area contributed by atoms with E-state index in [4.69, 9.17) is 0 Å². The van der Waals surface area contributed by atoms with E-state index in [0.717, 1.165) is 40.6 Å². The normalized spacial score (nSPS) is 17.8. The van der Waals surface area contributed by atoms with Crippen LogP contribution in [0.25, 0.3) is 21.5 Å². The van der Waals surface area contributed by atoms with E-state index in [9.17, 15) is 5.11 Å². The second-order valence-electron chi connectivity index (χ2n) is 8.17. The van der Waals surface area contributed by atoms with E-state index < -0.39 is 0 Å². The zero-order chi connectivity index (χ0) is 19.2. The van der Waals surface area contributed by atoms with Gasteiger partial charge in [-0.2, -0.15) is 0 Å². The molecule has 1 saturated heterocycles. The molecule has 7 heteroatoms. The monoisotopic (exact) mass is 383 g/mol. The molecule has 1 atom stereocenters. The van der Waals surface area contributed by atoms with Crippen molar-refractivity contribution in [2.45, 2.75) is 45.7 Å². The van der Waals surface area contributed by atoms with Crippen molar-refractivity contribution < 1.29 is 5.11 Å². The molecule has 3 heterocycles. The number of nitrogens with one attached hydrogen (secondary N) is 1. The van der Waals surface area contributed by atoms with Gasteiger partial charge in [0.25, 0.3) is 0 Å². The molecule has 2 aromatic heterocycles. The molecular weight excluding hydrogens is 358 g/mol. The van der Waals surface area contributed by atoms with Crippen LogP contribution in [-0.2, 0) is 0 Å². The molecule has 1 fully saturated rings. The lowest BCUT2D eigenvalue weighted by Crippen LogP contribution is -2.45. The third kappa shape index (κ3) is 3.89. The predicted molar refractivity (Wildman–Crippen MR) is 111 cm³/mol. The number of aryl methyl sites for hydroxylation is 1. The highest BCUT2D eigenvalue weighted by atomic mass is 32.1. The van der Waals surface area contributed by atoms with Crippen LogP contribution in [0.4, 0.5) is 5.82 Å². The number of hydrogen-bond donors (Lipinski definition) is 2. The first-order valence-electron chi connectivity index (χ1n) is 9.25. The Morgan fingerprint density at radius 2 is 2.04 bits per heavy atom. The van der Waals surface area contributed by atoms with Gasteiger partial charge in [-0.3, -0.25) is 0 Å². The van der Waals surface area contributed by atoms with Gasteiger partial charge in [-0.05, 0) is 52.3 Å². The number of fused-ring (bicyclic) bond motifs is 1. The first-order chi connectivity index (χ1) is 12.8. The molecule has 0 spiro atoms. The Morgan fingerprint density at radius 1 is 1.22 bits per heavy atom. The summed E-state index contributed by atoms with van der Waals surface area (Å²) in [5, 5.41) is 23.8. The molecular formula is C20H25N5OS. The van der Waals surface area contributed by atoms with Crippen molar-refractivity contribution >= 4 is 27.4 Å². The van der Waals surface area contributed by atoms with Crippen molar-refractivity contribution in [3.05, 3.63) is 29.3 Å². The van der Waals surface area contributed by atoms with Crippen LogP contribution in [0, 0.1) is 6.92 Å². The van der Waals surface area contributed by atoms with Gasteiger partial charge in [0.05, 0.1) is 20.9 Å². The van der Waals surface area contributed by atoms with Gasteiger partial charge in [0.15, 0.2) is 5.82 Å². The van der Waals surface area contributed by atoms with E-state index in [0.29, 0.717) is 17.3 Å². The molecule has 142 valence electrons. The van der Waals surface area contributed by atoms with Crippen LogP contribution in [-0.4, -0.2) is 45.0 Å². The van der Waals surface area contributed by atoms with Gasteiger partial charge in [-0.15, -0.1) is 21.5 Å². The van der Waals surface area contributed by atoms with Gasteiger partial charge in [0.2, 0.25) is 0 Å². The molecule has 0 aliphatic carbocycles. The topological polar surface area (TPSA) is 74.2 Å². The van der Waals surface area contributed by atoms with Crippen molar-refractivity contribution in [3.8, 4) is 17.0 Å². The van der Waals surface area contributed by atoms with Gasteiger partial charge < -0.3 is 15.3 Å². The molecule has 6 nitrogen and oxygen atoms in total. The molecule has 1 aliphatic rings. The van der Waals surface area contributed by atoms with E-state index in [1.165, 1.54) is 0 Å². The number of phenols is 1. The Balaban J connectivity index is 1.54. The van der Waals surface area contributed by atoms with Crippen molar-refractivity contribution in [2.24, 2.45) is 0 Å². The summed E-state index contributed by atoms with van der Waals surface area (Å²) in [6.07, 6.45) is 1.10. The fraction of sp³-hybridized carbons (Fsp3) is 0.450. The van der Waals surface area contributed by atoms with E-state index in [2.05, 4.69) is 46.2 Å². The van der Waals surface area contributed by atoms with Crippen LogP contribution in [0.3, 0.4) is 0 Å². The molecule has 4 rings (SSSR count). The molecule has 0 amide bonds. The molecule has 27 heavy (non-hydrogen) atoms. The fourth-order valence-corrected chi connectivity index (χ4v) is 4.47. The molecule has 0 radical (unpaired) electrons. The first kappa shape index (κ1) is 18.1. The summed E-state index contributed by atoms with van der Waals surface area (Å²) in [5.41, 5.74) is 2.30. The first-order valence-corrected chi connectivity index (χ1v) is 10.1. The van der Waals surface area contributed by atoms with Gasteiger partial charge in [0.1, 0.15) is 5.75 Å². The summed E-state index contributed by atoms with van der Waals surface area (Å²) in [4.78, 5) is 6.68. The van der Waals surface area contributed by atoms with Crippen LogP contribution < -0.4 is 10.2 Å². The second-order valence-corrected chi connectivity index (χ2v) is 9.41. The van der Waals surface area contributed by atoms with Gasteiger partial charge in [0, 0.05) is 36.3 Å². The summed E-state index contributed by atoms with van der Waals surface area (Å²) in [7, 11) is 0. The maximum atomic E-state index is 10.4. The van der Waals surface area contributed by atoms with Crippen LogP contribution in [0.1, 0.15) is 32.2 Å². The van der Waals surface area contributed by atoms with Gasteiger partial charge in [-0.1, -0.05) is 0 Å². The van der Waals surface area contributed by atoms with Gasteiger partial charge in [-0.25, -0.2) is 4.98 Å². The highest BCUT2D eigenvalue weighted by molar-refractivity contribution is 7.18. The Labute approximate surface area is 163 Å². The van der Waals surface area contributed by atoms with Crippen LogP contribution >= 0.6 is 11.3 Å². The SMILES string of the molecule is Cc1nc2cc(O)c(-c3ccc(N4CCC(NC(C)(C)C)C4)nn3)cc2s1. The molecule has 1 aliphatic heterocycles. The zero-order valence-electron chi connectivity index (χ0n) is 16.2. The minimum atomic E-state index is 0.112. The standard InChI is InChI=1S/C20H25N5OS/c1-12-21-16-10-17(26)14(9-18(16)27-12)15-5-6-19(24-23-15)25-8-7-13(11-25)22-20(2,3)4/h5-6,9-10,13,22,26H,7-8,11H2,1-4H3. The number of anilines is 1. The van der Waals surface area contributed by atoms with Crippen LogP contribution in [0.5, 0.6) is 5.75 Å². The maximum absolute atomic E-state index is 10.4. The van der Waals surface area contributed by atoms with E-state index in [1.54, 1.807) is 17.4 Å². The van der Waals surface area contributed by atoms with Crippen molar-refractivity contribution in [1.82, 2.24) is 20.5 Å². The molecule has 1 aromatic carbocycles. The van der Waals surface area contributed by atoms with Crippen molar-refractivity contribution in [3.63, 3.8) is 0 Å². The molecule has 1 unspecified atom stereocenters. The molecule has 0 bridgehead atoms. The highest BCUT2D eigenvalue weighted by Gasteiger charge is 2.26. The van der Waals surface area contributed by atoms with E-state index in [-0.39, 0.29) is 11.3 Å². The quantitative estimate of drug-likeness (QED) is 0.718. The molecule has 3 aromatic rings. The zero-order valence-corrected chi connectivity index (χ0v) is 17.0. The number of thiazole rings is 1. The highest BCUT2D eigenvalue weighted by Crippen LogP contribution is 2.34.